The highest BCUT2D eigenvalue weighted by Gasteiger charge is 2.32. The third-order valence-corrected chi connectivity index (χ3v) is 4.57. The molecule has 3 rings (SSSR count). The van der Waals surface area contributed by atoms with Gasteiger partial charge in [-0.1, -0.05) is 29.5 Å². The lowest BCUT2D eigenvalue weighted by molar-refractivity contribution is 0.0491. The number of hydrogen-bond donors (Lipinski definition) is 2. The van der Waals surface area contributed by atoms with Crippen molar-refractivity contribution in [3.8, 4) is 11.8 Å². The molecule has 1 aromatic carbocycles. The van der Waals surface area contributed by atoms with E-state index < -0.39 is 5.60 Å². The van der Waals surface area contributed by atoms with Gasteiger partial charge in [-0.05, 0) is 56.0 Å². The van der Waals surface area contributed by atoms with Crippen LogP contribution in [0.2, 0.25) is 5.02 Å². The minimum absolute atomic E-state index is 0.0425. The minimum Gasteiger partial charge on any atom is -0.378 e. The second-order valence-electron chi connectivity index (χ2n) is 6.28. The van der Waals surface area contributed by atoms with Crippen LogP contribution in [-0.2, 0) is 0 Å². The SMILES string of the molecule is O=C(NC1CCC(O)(C#Cc2cccc(Cl)c2)CC1)c1cccnc1. The van der Waals surface area contributed by atoms with Crippen molar-refractivity contribution in [3.05, 3.63) is 64.9 Å². The van der Waals surface area contributed by atoms with Gasteiger partial charge in [-0.2, -0.15) is 0 Å². The minimum atomic E-state index is -1.02. The summed E-state index contributed by atoms with van der Waals surface area (Å²) in [4.78, 5) is 16.1. The quantitative estimate of drug-likeness (QED) is 0.814. The van der Waals surface area contributed by atoms with Crippen molar-refractivity contribution >= 4 is 17.5 Å². The lowest BCUT2D eigenvalue weighted by Gasteiger charge is -2.32. The molecule has 0 radical (unpaired) electrons. The zero-order valence-corrected chi connectivity index (χ0v) is 14.5. The predicted octanol–water partition coefficient (Wildman–Crippen LogP) is 3.19. The smallest absolute Gasteiger partial charge is 0.253 e. The molecule has 1 heterocycles. The highest BCUT2D eigenvalue weighted by molar-refractivity contribution is 6.30. The van der Waals surface area contributed by atoms with Gasteiger partial charge in [0.05, 0.1) is 5.56 Å². The van der Waals surface area contributed by atoms with Gasteiger partial charge in [0.1, 0.15) is 5.60 Å². The second-order valence-corrected chi connectivity index (χ2v) is 6.72. The first-order valence-corrected chi connectivity index (χ1v) is 8.64. The van der Waals surface area contributed by atoms with Gasteiger partial charge in [-0.3, -0.25) is 9.78 Å². The van der Waals surface area contributed by atoms with Crippen LogP contribution < -0.4 is 5.32 Å². The van der Waals surface area contributed by atoms with E-state index in [9.17, 15) is 9.90 Å². The van der Waals surface area contributed by atoms with E-state index in [1.54, 1.807) is 36.7 Å². The van der Waals surface area contributed by atoms with Crippen molar-refractivity contribution in [1.29, 1.82) is 0 Å². The van der Waals surface area contributed by atoms with Gasteiger partial charge in [-0.25, -0.2) is 0 Å². The molecule has 0 spiro atoms. The van der Waals surface area contributed by atoms with Crippen molar-refractivity contribution in [3.63, 3.8) is 0 Å². The molecule has 25 heavy (non-hydrogen) atoms. The number of aliphatic hydroxyl groups is 1. The van der Waals surface area contributed by atoms with Gasteiger partial charge in [-0.15, -0.1) is 0 Å². The number of halogens is 1. The van der Waals surface area contributed by atoms with E-state index in [2.05, 4.69) is 22.1 Å². The highest BCUT2D eigenvalue weighted by Crippen LogP contribution is 2.28. The molecule has 0 bridgehead atoms. The Morgan fingerprint density at radius 2 is 2.08 bits per heavy atom. The zero-order chi connectivity index (χ0) is 17.7. The van der Waals surface area contributed by atoms with Gasteiger partial charge >= 0.3 is 0 Å². The molecule has 5 heteroatoms. The fourth-order valence-electron chi connectivity index (χ4n) is 2.89. The number of amides is 1. The Morgan fingerprint density at radius 1 is 1.28 bits per heavy atom. The van der Waals surface area contributed by atoms with E-state index in [4.69, 9.17) is 11.6 Å². The summed E-state index contributed by atoms with van der Waals surface area (Å²) in [6.07, 6.45) is 5.61. The van der Waals surface area contributed by atoms with E-state index in [0.29, 0.717) is 36.3 Å². The number of nitrogens with zero attached hydrogens (tertiary/aromatic N) is 1. The maximum absolute atomic E-state index is 12.2. The summed E-state index contributed by atoms with van der Waals surface area (Å²) < 4.78 is 0. The normalized spacial score (nSPS) is 22.6. The summed E-state index contributed by atoms with van der Waals surface area (Å²) in [5.41, 5.74) is 0.315. The third-order valence-electron chi connectivity index (χ3n) is 4.34. The summed E-state index contributed by atoms with van der Waals surface area (Å²) in [5.74, 6) is 5.84. The van der Waals surface area contributed by atoms with Crippen molar-refractivity contribution in [2.75, 3.05) is 0 Å². The molecule has 1 aromatic heterocycles. The van der Waals surface area contributed by atoms with Crippen LogP contribution >= 0.6 is 11.6 Å². The van der Waals surface area contributed by atoms with Crippen molar-refractivity contribution < 1.29 is 9.90 Å². The van der Waals surface area contributed by atoms with Gasteiger partial charge in [0.15, 0.2) is 0 Å². The average Bonchev–Trinajstić information content (AvgIpc) is 2.63. The van der Waals surface area contributed by atoms with Crippen LogP contribution in [0.1, 0.15) is 41.6 Å². The van der Waals surface area contributed by atoms with Crippen molar-refractivity contribution in [2.45, 2.75) is 37.3 Å². The van der Waals surface area contributed by atoms with E-state index >= 15 is 0 Å². The first kappa shape index (κ1) is 17.5. The van der Waals surface area contributed by atoms with E-state index in [-0.39, 0.29) is 11.9 Å². The van der Waals surface area contributed by atoms with Gasteiger partial charge in [0.25, 0.3) is 5.91 Å². The van der Waals surface area contributed by atoms with Crippen LogP contribution in [0.25, 0.3) is 0 Å². The molecule has 1 aliphatic carbocycles. The first-order valence-electron chi connectivity index (χ1n) is 8.26. The Hall–Kier alpha value is -2.35. The molecule has 2 aromatic rings. The number of nitrogens with one attached hydrogen (secondary N) is 1. The maximum atomic E-state index is 12.2. The lowest BCUT2D eigenvalue weighted by Crippen LogP contribution is -2.42. The van der Waals surface area contributed by atoms with Crippen LogP contribution in [0.5, 0.6) is 0 Å². The number of aromatic nitrogens is 1. The Labute approximate surface area is 152 Å². The molecule has 1 aliphatic rings. The fourth-order valence-corrected chi connectivity index (χ4v) is 3.08. The lowest BCUT2D eigenvalue weighted by atomic mass is 9.82. The number of hydrogen-bond acceptors (Lipinski definition) is 3. The summed E-state index contributed by atoms with van der Waals surface area (Å²) in [6, 6.07) is 10.8. The molecular formula is C20H19ClN2O2. The maximum Gasteiger partial charge on any atom is 0.253 e. The number of carbonyl (C=O) groups is 1. The molecule has 0 unspecified atom stereocenters. The standard InChI is InChI=1S/C20H19ClN2O2/c21-17-5-1-3-15(13-17)6-9-20(25)10-7-18(8-11-20)23-19(24)16-4-2-12-22-14-16/h1-5,12-14,18,25H,7-8,10-11H2,(H,23,24). The fraction of sp³-hybridized carbons (Fsp3) is 0.300. The molecule has 1 saturated carbocycles. The molecule has 1 fully saturated rings. The summed E-state index contributed by atoms with van der Waals surface area (Å²) in [5, 5.41) is 14.3. The summed E-state index contributed by atoms with van der Waals surface area (Å²) in [6.45, 7) is 0. The van der Waals surface area contributed by atoms with E-state index in [1.165, 1.54) is 0 Å². The molecule has 128 valence electrons. The zero-order valence-electron chi connectivity index (χ0n) is 13.7. The Morgan fingerprint density at radius 3 is 2.76 bits per heavy atom. The Kier molecular flexibility index (Phi) is 5.37. The summed E-state index contributed by atoms with van der Waals surface area (Å²) in [7, 11) is 0. The number of rotatable bonds is 2. The van der Waals surface area contributed by atoms with Gasteiger partial charge in [0, 0.05) is 29.0 Å². The molecular weight excluding hydrogens is 336 g/mol. The number of pyridine rings is 1. The largest absolute Gasteiger partial charge is 0.378 e. The van der Waals surface area contributed by atoms with Crippen LogP contribution in [0.4, 0.5) is 0 Å². The Balaban J connectivity index is 1.57. The van der Waals surface area contributed by atoms with Crippen LogP contribution in [0, 0.1) is 11.8 Å². The molecule has 4 nitrogen and oxygen atoms in total. The molecule has 0 atom stereocenters. The summed E-state index contributed by atoms with van der Waals surface area (Å²) >= 11 is 5.94. The first-order chi connectivity index (χ1) is 12.0. The van der Waals surface area contributed by atoms with E-state index in [1.807, 2.05) is 12.1 Å². The van der Waals surface area contributed by atoms with Crippen LogP contribution in [-0.4, -0.2) is 27.6 Å². The number of benzene rings is 1. The second kappa shape index (κ2) is 7.69. The predicted molar refractivity (Wildman–Crippen MR) is 97.2 cm³/mol. The molecule has 0 aliphatic heterocycles. The molecule has 1 amide bonds. The highest BCUT2D eigenvalue weighted by atomic mass is 35.5. The average molecular weight is 355 g/mol. The van der Waals surface area contributed by atoms with Gasteiger partial charge < -0.3 is 10.4 Å². The van der Waals surface area contributed by atoms with Crippen LogP contribution in [0.15, 0.2) is 48.8 Å². The van der Waals surface area contributed by atoms with Gasteiger partial charge in [0.2, 0.25) is 0 Å². The van der Waals surface area contributed by atoms with Crippen LogP contribution in [0.3, 0.4) is 0 Å². The molecule has 0 saturated heterocycles. The van der Waals surface area contributed by atoms with Crippen molar-refractivity contribution in [1.82, 2.24) is 10.3 Å². The number of carbonyl (C=O) groups excluding carboxylic acids is 1. The monoisotopic (exact) mass is 354 g/mol. The molecule has 2 N–H and O–H groups in total. The topological polar surface area (TPSA) is 62.2 Å². The Bertz CT molecular complexity index is 803. The van der Waals surface area contributed by atoms with Crippen molar-refractivity contribution in [2.24, 2.45) is 0 Å². The van der Waals surface area contributed by atoms with E-state index in [0.717, 1.165) is 5.56 Å². The third kappa shape index (κ3) is 4.82.